The zero-order valence-corrected chi connectivity index (χ0v) is 14.7. The van der Waals surface area contributed by atoms with E-state index in [9.17, 15) is 13.2 Å². The Kier molecular flexibility index (Phi) is 4.49. The number of hydrogen-bond donors (Lipinski definition) is 0. The number of aldehydes is 1. The van der Waals surface area contributed by atoms with E-state index < -0.39 is 9.84 Å². The molecule has 1 atom stereocenters. The van der Waals surface area contributed by atoms with Gasteiger partial charge in [0.1, 0.15) is 5.76 Å². The molecule has 1 aromatic carbocycles. The zero-order valence-electron chi connectivity index (χ0n) is 13.9. The summed E-state index contributed by atoms with van der Waals surface area (Å²) in [6.45, 7) is 3.86. The summed E-state index contributed by atoms with van der Waals surface area (Å²) in [6, 6.07) is 8.53. The molecule has 6 heteroatoms. The van der Waals surface area contributed by atoms with Crippen LogP contribution in [0, 0.1) is 5.92 Å². The number of piperidine rings is 1. The van der Waals surface area contributed by atoms with Gasteiger partial charge in [-0.3, -0.25) is 4.79 Å². The predicted octanol–water partition coefficient (Wildman–Crippen LogP) is 3.40. The summed E-state index contributed by atoms with van der Waals surface area (Å²) < 4.78 is 29.8. The number of hydrogen-bond acceptors (Lipinski definition) is 5. The normalized spacial score (nSPS) is 18.6. The highest BCUT2D eigenvalue weighted by Crippen LogP contribution is 2.34. The Morgan fingerprint density at radius 2 is 2.04 bits per heavy atom. The van der Waals surface area contributed by atoms with Gasteiger partial charge in [0.25, 0.3) is 0 Å². The molecule has 0 radical (unpaired) electrons. The summed E-state index contributed by atoms with van der Waals surface area (Å²) in [4.78, 5) is 13.3. The summed E-state index contributed by atoms with van der Waals surface area (Å²) in [5.41, 5.74) is 1.48. The molecule has 1 fully saturated rings. The molecule has 0 saturated carbocycles. The van der Waals surface area contributed by atoms with E-state index in [-0.39, 0.29) is 5.76 Å². The first-order chi connectivity index (χ1) is 11.4. The molecule has 1 aliphatic heterocycles. The lowest BCUT2D eigenvalue weighted by molar-refractivity contribution is 0.110. The van der Waals surface area contributed by atoms with Crippen LogP contribution in [0.3, 0.4) is 0 Å². The number of carbonyl (C=O) groups excluding carboxylic acids is 1. The van der Waals surface area contributed by atoms with Crippen LogP contribution in [0.4, 0.5) is 5.69 Å². The predicted molar refractivity (Wildman–Crippen MR) is 93.3 cm³/mol. The molecule has 0 aliphatic carbocycles. The van der Waals surface area contributed by atoms with Gasteiger partial charge in [-0.2, -0.15) is 0 Å². The Morgan fingerprint density at radius 3 is 2.67 bits per heavy atom. The number of nitrogens with zero attached hydrogens (tertiary/aromatic N) is 1. The second-order valence-corrected chi connectivity index (χ2v) is 8.45. The van der Waals surface area contributed by atoms with Crippen molar-refractivity contribution in [1.29, 1.82) is 0 Å². The molecule has 0 spiro atoms. The molecule has 1 aliphatic rings. The van der Waals surface area contributed by atoms with Gasteiger partial charge in [0, 0.05) is 24.9 Å². The third-order valence-corrected chi connectivity index (χ3v) is 5.53. The van der Waals surface area contributed by atoms with Gasteiger partial charge in [-0.05, 0) is 49.1 Å². The average Bonchev–Trinajstić information content (AvgIpc) is 3.02. The fourth-order valence-corrected chi connectivity index (χ4v) is 4.09. The largest absolute Gasteiger partial charge is 0.453 e. The molecule has 1 aromatic heterocycles. The van der Waals surface area contributed by atoms with Crippen molar-refractivity contribution in [3.05, 3.63) is 36.1 Å². The van der Waals surface area contributed by atoms with Gasteiger partial charge < -0.3 is 9.32 Å². The number of anilines is 1. The number of carbonyl (C=O) groups is 1. The Balaban J connectivity index is 2.08. The summed E-state index contributed by atoms with van der Waals surface area (Å²) in [5.74, 6) is 1.34. The van der Waals surface area contributed by atoms with Crippen molar-refractivity contribution in [2.24, 2.45) is 5.92 Å². The Bertz CT molecular complexity index is 854. The highest BCUT2D eigenvalue weighted by Gasteiger charge is 2.23. The molecule has 128 valence electrons. The van der Waals surface area contributed by atoms with Crippen molar-refractivity contribution in [2.75, 3.05) is 24.2 Å². The second-order valence-electron chi connectivity index (χ2n) is 6.47. The van der Waals surface area contributed by atoms with Crippen LogP contribution in [0.1, 0.15) is 30.3 Å². The van der Waals surface area contributed by atoms with E-state index in [1.807, 2.05) is 6.07 Å². The molecular weight excluding hydrogens is 326 g/mol. The van der Waals surface area contributed by atoms with Crippen LogP contribution in [-0.2, 0) is 9.84 Å². The van der Waals surface area contributed by atoms with E-state index in [1.54, 1.807) is 24.3 Å². The molecule has 0 N–H and O–H groups in total. The molecule has 1 saturated heterocycles. The third-order valence-electron chi connectivity index (χ3n) is 4.38. The highest BCUT2D eigenvalue weighted by molar-refractivity contribution is 7.90. The van der Waals surface area contributed by atoms with E-state index in [0.717, 1.165) is 31.5 Å². The van der Waals surface area contributed by atoms with Crippen molar-refractivity contribution in [3.63, 3.8) is 0 Å². The second kappa shape index (κ2) is 6.43. The van der Waals surface area contributed by atoms with Crippen molar-refractivity contribution < 1.29 is 17.6 Å². The van der Waals surface area contributed by atoms with E-state index in [1.165, 1.54) is 6.26 Å². The van der Waals surface area contributed by atoms with Crippen molar-refractivity contribution >= 4 is 21.8 Å². The van der Waals surface area contributed by atoms with E-state index >= 15 is 0 Å². The number of sulfone groups is 1. The average molecular weight is 347 g/mol. The fraction of sp³-hybridized carbons (Fsp3) is 0.389. The van der Waals surface area contributed by atoms with Crippen LogP contribution < -0.4 is 4.90 Å². The number of furan rings is 1. The lowest BCUT2D eigenvalue weighted by Gasteiger charge is -2.34. The molecule has 1 unspecified atom stereocenters. The summed E-state index contributed by atoms with van der Waals surface area (Å²) in [7, 11) is -3.33. The van der Waals surface area contributed by atoms with E-state index in [2.05, 4.69) is 11.8 Å². The fourth-order valence-electron chi connectivity index (χ4n) is 3.21. The summed E-state index contributed by atoms with van der Waals surface area (Å²) >= 11 is 0. The lowest BCUT2D eigenvalue weighted by atomic mass is 9.99. The Hall–Kier alpha value is -2.08. The molecule has 2 aromatic rings. The summed E-state index contributed by atoms with van der Waals surface area (Å²) in [6.07, 6.45) is 4.09. The standard InChI is InChI=1S/C18H21NO4S/c1-13-4-3-9-19(11-13)16-10-14(5-8-18(16)24(2,21)22)17-7-6-15(12-20)23-17/h5-8,10,12-13H,3-4,9,11H2,1-2H3. The van der Waals surface area contributed by atoms with Crippen LogP contribution >= 0.6 is 0 Å². The van der Waals surface area contributed by atoms with Gasteiger partial charge in [-0.1, -0.05) is 6.92 Å². The Labute approximate surface area is 142 Å². The number of benzene rings is 1. The molecule has 5 nitrogen and oxygen atoms in total. The maximum atomic E-state index is 12.2. The quantitative estimate of drug-likeness (QED) is 0.793. The van der Waals surface area contributed by atoms with Crippen LogP contribution in [0.25, 0.3) is 11.3 Å². The minimum atomic E-state index is -3.33. The molecule has 2 heterocycles. The van der Waals surface area contributed by atoms with Crippen molar-refractivity contribution in [2.45, 2.75) is 24.7 Å². The maximum absolute atomic E-state index is 12.2. The van der Waals surface area contributed by atoms with Crippen molar-refractivity contribution in [3.8, 4) is 11.3 Å². The molecule has 0 amide bonds. The molecule has 24 heavy (non-hydrogen) atoms. The topological polar surface area (TPSA) is 67.6 Å². The molecule has 0 bridgehead atoms. The van der Waals surface area contributed by atoms with Gasteiger partial charge in [0.05, 0.1) is 10.6 Å². The van der Waals surface area contributed by atoms with Gasteiger partial charge >= 0.3 is 0 Å². The SMILES string of the molecule is CC1CCCN(c2cc(-c3ccc(C=O)o3)ccc2S(C)(=O)=O)C1. The van der Waals surface area contributed by atoms with Crippen LogP contribution in [-0.4, -0.2) is 34.0 Å². The van der Waals surface area contributed by atoms with E-state index in [4.69, 9.17) is 4.42 Å². The van der Waals surface area contributed by atoms with Gasteiger partial charge in [-0.15, -0.1) is 0 Å². The van der Waals surface area contributed by atoms with Crippen LogP contribution in [0.15, 0.2) is 39.6 Å². The highest BCUT2D eigenvalue weighted by atomic mass is 32.2. The lowest BCUT2D eigenvalue weighted by Crippen LogP contribution is -2.35. The third kappa shape index (κ3) is 3.38. The minimum absolute atomic E-state index is 0.255. The maximum Gasteiger partial charge on any atom is 0.185 e. The molecule has 3 rings (SSSR count). The van der Waals surface area contributed by atoms with Crippen LogP contribution in [0.2, 0.25) is 0 Å². The van der Waals surface area contributed by atoms with Crippen LogP contribution in [0.5, 0.6) is 0 Å². The van der Waals surface area contributed by atoms with Gasteiger partial charge in [0.15, 0.2) is 21.9 Å². The number of rotatable bonds is 4. The van der Waals surface area contributed by atoms with Crippen molar-refractivity contribution in [1.82, 2.24) is 0 Å². The molecular formula is C18H21NO4S. The minimum Gasteiger partial charge on any atom is -0.453 e. The first-order valence-corrected chi connectivity index (χ1v) is 9.92. The van der Waals surface area contributed by atoms with E-state index in [0.29, 0.717) is 28.5 Å². The summed E-state index contributed by atoms with van der Waals surface area (Å²) in [5, 5.41) is 0. The van der Waals surface area contributed by atoms with Gasteiger partial charge in [0.2, 0.25) is 0 Å². The first-order valence-electron chi connectivity index (χ1n) is 8.03. The van der Waals surface area contributed by atoms with Gasteiger partial charge in [-0.25, -0.2) is 8.42 Å². The monoisotopic (exact) mass is 347 g/mol. The smallest absolute Gasteiger partial charge is 0.185 e. The zero-order chi connectivity index (χ0) is 17.3. The first kappa shape index (κ1) is 16.8. The Morgan fingerprint density at radius 1 is 1.25 bits per heavy atom.